The van der Waals surface area contributed by atoms with Crippen molar-refractivity contribution in [2.24, 2.45) is 17.8 Å². The monoisotopic (exact) mass is 1480 g/mol. The fourth-order valence-electron chi connectivity index (χ4n) is 12.7. The Morgan fingerprint density at radius 1 is 0.267 bits per heavy atom. The molecular weight excluding hydrogens is 1320 g/mol. The van der Waals surface area contributed by atoms with Gasteiger partial charge in [0, 0.05) is 25.7 Å². The molecule has 0 aliphatic heterocycles. The molecule has 600 valence electrons. The molecule has 5 atom stereocenters. The molecule has 2 unspecified atom stereocenters. The Morgan fingerprint density at radius 3 is 0.673 bits per heavy atom. The molecular formula is C82H160O17P2. The molecule has 0 saturated carbocycles. The lowest BCUT2D eigenvalue weighted by molar-refractivity contribution is -0.161. The smallest absolute Gasteiger partial charge is 0.462 e. The number of carbonyl (C=O) groups is 4. The number of rotatable bonds is 80. The van der Waals surface area contributed by atoms with Crippen molar-refractivity contribution in [1.82, 2.24) is 0 Å². The van der Waals surface area contributed by atoms with Gasteiger partial charge < -0.3 is 33.8 Å². The maximum absolute atomic E-state index is 13.1. The average molecular weight is 1480 g/mol. The molecule has 0 aliphatic carbocycles. The predicted octanol–water partition coefficient (Wildman–Crippen LogP) is 24.5. The van der Waals surface area contributed by atoms with Gasteiger partial charge in [-0.15, -0.1) is 0 Å². The van der Waals surface area contributed by atoms with Crippen LogP contribution in [0.3, 0.4) is 0 Å². The quantitative estimate of drug-likeness (QED) is 0.0222. The van der Waals surface area contributed by atoms with Gasteiger partial charge in [0.2, 0.25) is 0 Å². The molecule has 19 heteroatoms. The third kappa shape index (κ3) is 76.1. The lowest BCUT2D eigenvalue weighted by Gasteiger charge is -2.21. The third-order valence-corrected chi connectivity index (χ3v) is 21.0. The van der Waals surface area contributed by atoms with Gasteiger partial charge in [-0.3, -0.25) is 37.3 Å². The summed E-state index contributed by atoms with van der Waals surface area (Å²) in [5.74, 6) is 0.188. The molecule has 0 aromatic heterocycles. The van der Waals surface area contributed by atoms with E-state index in [1.54, 1.807) is 0 Å². The molecule has 0 aromatic carbocycles. The normalized spacial score (nSPS) is 14.0. The highest BCUT2D eigenvalue weighted by Gasteiger charge is 2.30. The standard InChI is InChI=1S/C82H160O17P2/c1-8-9-10-11-12-13-14-15-16-22-25-28-34-42-49-56-63-79(84)92-69-77(98-81(86)65-58-51-44-35-29-26-23-20-18-17-19-21-24-27-32-39-46-53-60-73(2)3)71-96-100(88,89)94-67-76(83)68-95-101(90,91)97-72-78(70-93-80(85)64-57-50-43-38-37-41-48-55-62-75(6)7)99-82(87)66-59-52-45-36-31-30-33-40-47-54-61-74(4)5/h73-78,83H,8-72H2,1-7H3,(H,88,89)(H,90,91)/t76-,77-,78-/m1/s1. The number of hydrogen-bond donors (Lipinski definition) is 3. The lowest BCUT2D eigenvalue weighted by atomic mass is 10.0. The summed E-state index contributed by atoms with van der Waals surface area (Å²) in [5, 5.41) is 10.6. The number of aliphatic hydroxyl groups is 1. The minimum atomic E-state index is -4.96. The molecule has 3 N–H and O–H groups in total. The highest BCUT2D eigenvalue weighted by Crippen LogP contribution is 2.45. The van der Waals surface area contributed by atoms with Crippen molar-refractivity contribution in [2.45, 2.75) is 446 Å². The maximum Gasteiger partial charge on any atom is 0.472 e. The van der Waals surface area contributed by atoms with Gasteiger partial charge in [-0.2, -0.15) is 0 Å². The first-order valence-corrected chi connectivity index (χ1v) is 45.3. The summed E-state index contributed by atoms with van der Waals surface area (Å²) in [6, 6.07) is 0. The second-order valence-electron chi connectivity index (χ2n) is 30.9. The molecule has 0 fully saturated rings. The molecule has 0 aliphatic rings. The predicted molar refractivity (Wildman–Crippen MR) is 414 cm³/mol. The number of hydrogen-bond acceptors (Lipinski definition) is 15. The number of phosphoric ester groups is 2. The van der Waals surface area contributed by atoms with Crippen LogP contribution in [-0.2, 0) is 65.4 Å². The zero-order valence-corrected chi connectivity index (χ0v) is 68.2. The van der Waals surface area contributed by atoms with Gasteiger partial charge in [0.25, 0.3) is 0 Å². The van der Waals surface area contributed by atoms with Crippen molar-refractivity contribution in [3.05, 3.63) is 0 Å². The van der Waals surface area contributed by atoms with Crippen molar-refractivity contribution in [3.63, 3.8) is 0 Å². The van der Waals surface area contributed by atoms with E-state index in [1.165, 1.54) is 238 Å². The Kier molecular flexibility index (Phi) is 70.9. The molecule has 0 saturated heterocycles. The van der Waals surface area contributed by atoms with Crippen LogP contribution >= 0.6 is 15.6 Å². The fraction of sp³-hybridized carbons (Fsp3) is 0.951. The van der Waals surface area contributed by atoms with Crippen LogP contribution in [0.15, 0.2) is 0 Å². The largest absolute Gasteiger partial charge is 0.472 e. The summed E-state index contributed by atoms with van der Waals surface area (Å²) in [6.07, 6.45) is 61.1. The number of aliphatic hydroxyl groups excluding tert-OH is 1. The van der Waals surface area contributed by atoms with E-state index >= 15 is 0 Å². The lowest BCUT2D eigenvalue weighted by Crippen LogP contribution is -2.30. The molecule has 0 rings (SSSR count). The first kappa shape index (κ1) is 99.1. The minimum Gasteiger partial charge on any atom is -0.462 e. The first-order valence-electron chi connectivity index (χ1n) is 42.3. The topological polar surface area (TPSA) is 237 Å². The number of esters is 4. The van der Waals surface area contributed by atoms with E-state index in [-0.39, 0.29) is 25.7 Å². The molecule has 0 aromatic rings. The molecule has 0 amide bonds. The molecule has 0 heterocycles. The van der Waals surface area contributed by atoms with Crippen molar-refractivity contribution >= 4 is 39.5 Å². The third-order valence-electron chi connectivity index (χ3n) is 19.1. The van der Waals surface area contributed by atoms with Crippen LogP contribution in [0.2, 0.25) is 0 Å². The summed E-state index contributed by atoms with van der Waals surface area (Å²) in [6.45, 7) is 11.9. The Balaban J connectivity index is 5.23. The van der Waals surface area contributed by atoms with Crippen LogP contribution in [0.5, 0.6) is 0 Å². The molecule has 17 nitrogen and oxygen atoms in total. The molecule has 0 radical (unpaired) electrons. The van der Waals surface area contributed by atoms with E-state index in [2.05, 4.69) is 48.5 Å². The summed E-state index contributed by atoms with van der Waals surface area (Å²) in [4.78, 5) is 73.1. The highest BCUT2D eigenvalue weighted by atomic mass is 31.2. The highest BCUT2D eigenvalue weighted by molar-refractivity contribution is 7.47. The summed E-state index contributed by atoms with van der Waals surface area (Å²) >= 11 is 0. The first-order chi connectivity index (χ1) is 48.7. The van der Waals surface area contributed by atoms with Crippen LogP contribution in [-0.4, -0.2) is 96.7 Å². The van der Waals surface area contributed by atoms with Gasteiger partial charge in [-0.1, -0.05) is 376 Å². The molecule has 0 spiro atoms. The van der Waals surface area contributed by atoms with Crippen LogP contribution in [0, 0.1) is 17.8 Å². The number of phosphoric acid groups is 2. The van der Waals surface area contributed by atoms with Gasteiger partial charge >= 0.3 is 39.5 Å². The van der Waals surface area contributed by atoms with Gasteiger partial charge in [-0.25, -0.2) is 9.13 Å². The van der Waals surface area contributed by atoms with Crippen molar-refractivity contribution < 1.29 is 80.2 Å². The van der Waals surface area contributed by atoms with E-state index in [0.29, 0.717) is 25.7 Å². The number of carbonyl (C=O) groups excluding carboxylic acids is 4. The van der Waals surface area contributed by atoms with Crippen LogP contribution in [0.1, 0.15) is 427 Å². The van der Waals surface area contributed by atoms with E-state index in [0.717, 1.165) is 108 Å². The van der Waals surface area contributed by atoms with E-state index in [4.69, 9.17) is 37.0 Å². The summed E-state index contributed by atoms with van der Waals surface area (Å²) in [5.41, 5.74) is 0. The number of unbranched alkanes of at least 4 members (excludes halogenated alkanes) is 48. The van der Waals surface area contributed by atoms with Crippen LogP contribution < -0.4 is 0 Å². The molecule has 0 bridgehead atoms. The Labute approximate surface area is 619 Å². The van der Waals surface area contributed by atoms with Gasteiger partial charge in [0.15, 0.2) is 12.2 Å². The van der Waals surface area contributed by atoms with Crippen molar-refractivity contribution in [1.29, 1.82) is 0 Å². The second kappa shape index (κ2) is 72.3. The van der Waals surface area contributed by atoms with E-state index in [9.17, 15) is 43.2 Å². The van der Waals surface area contributed by atoms with E-state index in [1.807, 2.05) is 0 Å². The molecule has 101 heavy (non-hydrogen) atoms. The van der Waals surface area contributed by atoms with Crippen LogP contribution in [0.25, 0.3) is 0 Å². The van der Waals surface area contributed by atoms with Crippen molar-refractivity contribution in [3.8, 4) is 0 Å². The Bertz CT molecular complexity index is 1960. The SMILES string of the molecule is CCCCCCCCCCCCCCCCCCC(=O)OC[C@H](COP(=O)(O)OC[C@@H](O)COP(=O)(O)OC[C@@H](COC(=O)CCCCCCCCCCC(C)C)OC(=O)CCCCCCCCCCCCC(C)C)OC(=O)CCCCCCCCCCCCCCCCCCCCC(C)C. The van der Waals surface area contributed by atoms with Crippen molar-refractivity contribution in [2.75, 3.05) is 39.6 Å². The minimum absolute atomic E-state index is 0.105. The summed E-state index contributed by atoms with van der Waals surface area (Å²) < 4.78 is 68.7. The Hall–Kier alpha value is -1.94. The van der Waals surface area contributed by atoms with Gasteiger partial charge in [0.1, 0.15) is 19.3 Å². The maximum atomic E-state index is 13.1. The van der Waals surface area contributed by atoms with Gasteiger partial charge in [-0.05, 0) is 43.4 Å². The van der Waals surface area contributed by atoms with E-state index < -0.39 is 97.5 Å². The zero-order valence-electron chi connectivity index (χ0n) is 66.4. The van der Waals surface area contributed by atoms with Gasteiger partial charge in [0.05, 0.1) is 26.4 Å². The second-order valence-corrected chi connectivity index (χ2v) is 33.8. The van der Waals surface area contributed by atoms with Crippen LogP contribution in [0.4, 0.5) is 0 Å². The zero-order chi connectivity index (χ0) is 74.4. The Morgan fingerprint density at radius 2 is 0.455 bits per heavy atom. The summed E-state index contributed by atoms with van der Waals surface area (Å²) in [7, 11) is -9.92. The number of ether oxygens (including phenoxy) is 4. The average Bonchev–Trinajstić information content (AvgIpc) is 0.930. The fourth-order valence-corrected chi connectivity index (χ4v) is 14.2.